The summed E-state index contributed by atoms with van der Waals surface area (Å²) in [4.78, 5) is 32.3. The lowest BCUT2D eigenvalue weighted by Crippen LogP contribution is -2.45. The highest BCUT2D eigenvalue weighted by Crippen LogP contribution is 2.39. The lowest BCUT2D eigenvalue weighted by molar-refractivity contribution is 0.0671. The van der Waals surface area contributed by atoms with Gasteiger partial charge in [-0.3, -0.25) is 14.5 Å². The summed E-state index contributed by atoms with van der Waals surface area (Å²) in [6, 6.07) is 8.78. The Labute approximate surface area is 170 Å². The summed E-state index contributed by atoms with van der Waals surface area (Å²) in [5, 5.41) is 0. The van der Waals surface area contributed by atoms with Crippen LogP contribution in [-0.4, -0.2) is 46.9 Å². The summed E-state index contributed by atoms with van der Waals surface area (Å²) in [5.74, 6) is -0.337. The standard InChI is InChI=1S/C23H28FN3O2/c1-16-12-17(2)25-21(28)20(16)22(29)27-11-9-23(15-27)8-5-10-26(14-23)13-18-6-3-4-7-19(18)24/h3-4,6-7,12H,5,8-11,13-15H2,1-2H3,(H,25,28)/t23-/m1/s1. The number of aryl methyl sites for hydroxylation is 2. The minimum absolute atomic E-state index is 0.0323. The molecule has 0 radical (unpaired) electrons. The Morgan fingerprint density at radius 3 is 2.72 bits per heavy atom. The second kappa shape index (κ2) is 7.75. The molecular weight excluding hydrogens is 369 g/mol. The number of halogens is 1. The minimum atomic E-state index is -0.307. The highest BCUT2D eigenvalue weighted by Gasteiger charge is 2.43. The van der Waals surface area contributed by atoms with E-state index in [0.29, 0.717) is 19.6 Å². The molecule has 2 fully saturated rings. The Balaban J connectivity index is 1.48. The Bertz CT molecular complexity index is 986. The summed E-state index contributed by atoms with van der Waals surface area (Å²) in [7, 11) is 0. The number of amides is 1. The molecule has 2 aliphatic rings. The minimum Gasteiger partial charge on any atom is -0.338 e. The third-order valence-corrected chi connectivity index (χ3v) is 6.40. The molecule has 2 aliphatic heterocycles. The monoisotopic (exact) mass is 397 g/mol. The number of hydrogen-bond acceptors (Lipinski definition) is 3. The third-order valence-electron chi connectivity index (χ3n) is 6.40. The zero-order valence-corrected chi connectivity index (χ0v) is 17.1. The lowest BCUT2D eigenvalue weighted by atomic mass is 9.79. The Morgan fingerprint density at radius 1 is 1.17 bits per heavy atom. The summed E-state index contributed by atoms with van der Waals surface area (Å²) in [6.45, 7) is 7.36. The molecule has 2 saturated heterocycles. The third kappa shape index (κ3) is 3.99. The number of pyridine rings is 1. The maximum Gasteiger partial charge on any atom is 0.261 e. The Morgan fingerprint density at radius 2 is 1.97 bits per heavy atom. The summed E-state index contributed by atoms with van der Waals surface area (Å²) < 4.78 is 14.1. The van der Waals surface area contributed by atoms with Crippen LogP contribution < -0.4 is 5.56 Å². The predicted octanol–water partition coefficient (Wildman–Crippen LogP) is 3.26. The fourth-order valence-electron chi connectivity index (χ4n) is 5.03. The van der Waals surface area contributed by atoms with Crippen molar-refractivity contribution in [2.75, 3.05) is 26.2 Å². The normalized spacial score (nSPS) is 22.4. The van der Waals surface area contributed by atoms with Gasteiger partial charge in [-0.1, -0.05) is 18.2 Å². The molecule has 1 aromatic heterocycles. The van der Waals surface area contributed by atoms with E-state index in [-0.39, 0.29) is 28.3 Å². The Kier molecular flexibility index (Phi) is 5.30. The average molecular weight is 397 g/mol. The van der Waals surface area contributed by atoms with Gasteiger partial charge in [0.05, 0.1) is 0 Å². The molecular formula is C23H28FN3O2. The number of nitrogens with zero attached hydrogens (tertiary/aromatic N) is 2. The molecule has 1 atom stereocenters. The molecule has 1 spiro atoms. The number of likely N-dealkylation sites (tertiary alicyclic amines) is 2. The van der Waals surface area contributed by atoms with Gasteiger partial charge in [-0.25, -0.2) is 4.39 Å². The molecule has 154 valence electrons. The number of nitrogens with one attached hydrogen (secondary N) is 1. The lowest BCUT2D eigenvalue weighted by Gasteiger charge is -2.40. The number of aromatic nitrogens is 1. The van der Waals surface area contributed by atoms with E-state index < -0.39 is 0 Å². The number of benzene rings is 1. The van der Waals surface area contributed by atoms with Crippen LogP contribution in [0.4, 0.5) is 4.39 Å². The van der Waals surface area contributed by atoms with Crippen LogP contribution in [0.15, 0.2) is 35.1 Å². The van der Waals surface area contributed by atoms with Crippen molar-refractivity contribution in [1.29, 1.82) is 0 Å². The van der Waals surface area contributed by atoms with Gasteiger partial charge in [0.1, 0.15) is 11.4 Å². The van der Waals surface area contributed by atoms with Crippen LogP contribution in [0.1, 0.15) is 46.4 Å². The van der Waals surface area contributed by atoms with Crippen molar-refractivity contribution in [2.24, 2.45) is 5.41 Å². The predicted molar refractivity (Wildman–Crippen MR) is 110 cm³/mol. The quantitative estimate of drug-likeness (QED) is 0.865. The molecule has 0 bridgehead atoms. The van der Waals surface area contributed by atoms with E-state index in [2.05, 4.69) is 9.88 Å². The highest BCUT2D eigenvalue weighted by molar-refractivity contribution is 5.95. The number of hydrogen-bond donors (Lipinski definition) is 1. The fraction of sp³-hybridized carbons (Fsp3) is 0.478. The largest absolute Gasteiger partial charge is 0.338 e. The molecule has 1 aromatic carbocycles. The zero-order valence-electron chi connectivity index (χ0n) is 17.1. The second-order valence-corrected chi connectivity index (χ2v) is 8.72. The van der Waals surface area contributed by atoms with Crippen molar-refractivity contribution in [3.63, 3.8) is 0 Å². The van der Waals surface area contributed by atoms with E-state index in [1.54, 1.807) is 6.07 Å². The van der Waals surface area contributed by atoms with Crippen LogP contribution in [0.25, 0.3) is 0 Å². The summed E-state index contributed by atoms with van der Waals surface area (Å²) in [6.07, 6.45) is 3.03. The zero-order chi connectivity index (χ0) is 20.6. The van der Waals surface area contributed by atoms with E-state index in [1.807, 2.05) is 36.9 Å². The number of carbonyl (C=O) groups is 1. The topological polar surface area (TPSA) is 56.4 Å². The molecule has 4 rings (SSSR count). The van der Waals surface area contributed by atoms with Crippen molar-refractivity contribution >= 4 is 5.91 Å². The number of piperidine rings is 1. The molecule has 1 N–H and O–H groups in total. The van der Waals surface area contributed by atoms with Gasteiger partial charge in [-0.15, -0.1) is 0 Å². The first-order valence-electron chi connectivity index (χ1n) is 10.3. The Hall–Kier alpha value is -2.47. The first-order chi connectivity index (χ1) is 13.9. The number of carbonyl (C=O) groups excluding carboxylic acids is 1. The molecule has 1 amide bonds. The molecule has 0 unspecified atom stereocenters. The molecule has 2 aromatic rings. The first kappa shape index (κ1) is 19.8. The number of aromatic amines is 1. The van der Waals surface area contributed by atoms with Crippen LogP contribution in [-0.2, 0) is 6.54 Å². The van der Waals surface area contributed by atoms with Crippen LogP contribution in [0.5, 0.6) is 0 Å². The summed E-state index contributed by atoms with van der Waals surface area (Å²) in [5.41, 5.74) is 2.19. The van der Waals surface area contributed by atoms with Crippen molar-refractivity contribution in [3.05, 3.63) is 68.9 Å². The number of H-pyrrole nitrogens is 1. The van der Waals surface area contributed by atoms with Gasteiger partial charge in [0.25, 0.3) is 11.5 Å². The van der Waals surface area contributed by atoms with Crippen molar-refractivity contribution in [1.82, 2.24) is 14.8 Å². The highest BCUT2D eigenvalue weighted by atomic mass is 19.1. The van der Waals surface area contributed by atoms with Gasteiger partial charge < -0.3 is 9.88 Å². The second-order valence-electron chi connectivity index (χ2n) is 8.72. The van der Waals surface area contributed by atoms with Gasteiger partial charge >= 0.3 is 0 Å². The van der Waals surface area contributed by atoms with Gasteiger partial charge in [-0.05, 0) is 57.4 Å². The molecule has 3 heterocycles. The molecule has 29 heavy (non-hydrogen) atoms. The van der Waals surface area contributed by atoms with E-state index in [0.717, 1.165) is 49.2 Å². The van der Waals surface area contributed by atoms with Crippen molar-refractivity contribution in [2.45, 2.75) is 39.7 Å². The average Bonchev–Trinajstić information content (AvgIpc) is 3.06. The fourth-order valence-corrected chi connectivity index (χ4v) is 5.03. The first-order valence-corrected chi connectivity index (χ1v) is 10.3. The van der Waals surface area contributed by atoms with E-state index in [1.165, 1.54) is 6.07 Å². The van der Waals surface area contributed by atoms with Crippen molar-refractivity contribution < 1.29 is 9.18 Å². The SMILES string of the molecule is Cc1cc(C)c(C(=O)N2CC[C@@]3(CCCN(Cc4ccccc4F)C3)C2)c(=O)[nH]1. The molecule has 0 aliphatic carbocycles. The molecule has 5 nitrogen and oxygen atoms in total. The van der Waals surface area contributed by atoms with Gasteiger partial charge in [0, 0.05) is 42.9 Å². The van der Waals surface area contributed by atoms with E-state index in [4.69, 9.17) is 0 Å². The maximum absolute atomic E-state index is 14.1. The van der Waals surface area contributed by atoms with Gasteiger partial charge in [0.2, 0.25) is 0 Å². The smallest absolute Gasteiger partial charge is 0.261 e. The number of rotatable bonds is 3. The van der Waals surface area contributed by atoms with E-state index in [9.17, 15) is 14.0 Å². The van der Waals surface area contributed by atoms with Gasteiger partial charge in [-0.2, -0.15) is 0 Å². The van der Waals surface area contributed by atoms with E-state index >= 15 is 0 Å². The maximum atomic E-state index is 14.1. The molecule has 6 heteroatoms. The van der Waals surface area contributed by atoms with Crippen LogP contribution >= 0.6 is 0 Å². The summed E-state index contributed by atoms with van der Waals surface area (Å²) >= 11 is 0. The molecule has 0 saturated carbocycles. The van der Waals surface area contributed by atoms with Gasteiger partial charge in [0.15, 0.2) is 0 Å². The van der Waals surface area contributed by atoms with Crippen LogP contribution in [0.3, 0.4) is 0 Å². The van der Waals surface area contributed by atoms with Crippen molar-refractivity contribution in [3.8, 4) is 0 Å². The van der Waals surface area contributed by atoms with Crippen LogP contribution in [0, 0.1) is 25.1 Å². The van der Waals surface area contributed by atoms with Crippen LogP contribution in [0.2, 0.25) is 0 Å².